The molecule has 2 fully saturated rings. The number of hydrogen-bond acceptors (Lipinski definition) is 5. The van der Waals surface area contributed by atoms with Gasteiger partial charge in [-0.3, -0.25) is 9.69 Å². The van der Waals surface area contributed by atoms with Crippen molar-refractivity contribution in [1.29, 1.82) is 0 Å². The number of ether oxygens (including phenoxy) is 3. The third kappa shape index (κ3) is 4.63. The minimum Gasteiger partial charge on any atom is -0.497 e. The number of methoxy groups -OCH3 is 3. The van der Waals surface area contributed by atoms with Crippen molar-refractivity contribution in [3.63, 3.8) is 0 Å². The fraction of sp³-hybridized carbons (Fsp3) is 0.485. The Kier molecular flexibility index (Phi) is 7.27. The molecule has 6 heteroatoms. The molecular formula is C33H42N2O4. The number of amides is 1. The molecule has 2 aromatic rings. The lowest BCUT2D eigenvalue weighted by Gasteiger charge is -2.55. The van der Waals surface area contributed by atoms with Crippen molar-refractivity contribution in [2.24, 2.45) is 5.92 Å². The Morgan fingerprint density at radius 3 is 2.36 bits per heavy atom. The number of likely N-dealkylation sites (N-methyl/N-ethyl adjacent to an activating group) is 1. The zero-order valence-corrected chi connectivity index (χ0v) is 24.3. The van der Waals surface area contributed by atoms with Crippen molar-refractivity contribution >= 4 is 5.91 Å². The summed E-state index contributed by atoms with van der Waals surface area (Å²) in [7, 11) is 5.11. The highest BCUT2D eigenvalue weighted by Crippen LogP contribution is 2.52. The van der Waals surface area contributed by atoms with E-state index in [4.69, 9.17) is 14.2 Å². The lowest BCUT2D eigenvalue weighted by atomic mass is 9.66. The molecule has 2 heterocycles. The molecule has 5 rings (SSSR count). The summed E-state index contributed by atoms with van der Waals surface area (Å²) < 4.78 is 17.0. The molecule has 0 aromatic heterocycles. The molecule has 3 aliphatic rings. The van der Waals surface area contributed by atoms with Gasteiger partial charge in [-0.15, -0.1) is 0 Å². The molecule has 208 valence electrons. The number of carbonyl (C=O) groups is 1. The van der Waals surface area contributed by atoms with Crippen LogP contribution < -0.4 is 14.2 Å². The van der Waals surface area contributed by atoms with E-state index in [2.05, 4.69) is 61.4 Å². The summed E-state index contributed by atoms with van der Waals surface area (Å²) in [6.45, 7) is 14.4. The largest absolute Gasteiger partial charge is 0.497 e. The van der Waals surface area contributed by atoms with E-state index in [9.17, 15) is 4.79 Å². The lowest BCUT2D eigenvalue weighted by Crippen LogP contribution is -2.63. The molecule has 1 spiro atoms. The number of likely N-dealkylation sites (tertiary alicyclic amines) is 2. The molecule has 2 aliphatic heterocycles. The topological polar surface area (TPSA) is 51.2 Å². The van der Waals surface area contributed by atoms with Crippen LogP contribution in [0.3, 0.4) is 0 Å². The highest BCUT2D eigenvalue weighted by Gasteiger charge is 2.53. The number of fused-ring (bicyclic) bond motifs is 3. The maximum Gasteiger partial charge on any atom is 0.250 e. The Morgan fingerprint density at radius 1 is 1.00 bits per heavy atom. The van der Waals surface area contributed by atoms with E-state index < -0.39 is 0 Å². The van der Waals surface area contributed by atoms with Gasteiger partial charge in [-0.2, -0.15) is 0 Å². The van der Waals surface area contributed by atoms with Crippen LogP contribution in [-0.4, -0.2) is 62.2 Å². The van der Waals surface area contributed by atoms with Gasteiger partial charge >= 0.3 is 0 Å². The van der Waals surface area contributed by atoms with Crippen molar-refractivity contribution in [2.45, 2.75) is 57.5 Å². The average molecular weight is 531 g/mol. The van der Waals surface area contributed by atoms with E-state index in [1.165, 1.54) is 16.7 Å². The third-order valence-electron chi connectivity index (χ3n) is 9.11. The van der Waals surface area contributed by atoms with Gasteiger partial charge in [-0.25, -0.2) is 0 Å². The number of hydrogen-bond donors (Lipinski definition) is 0. The molecule has 2 aromatic carbocycles. The first-order chi connectivity index (χ1) is 18.7. The van der Waals surface area contributed by atoms with E-state index in [-0.39, 0.29) is 22.8 Å². The zero-order chi connectivity index (χ0) is 27.9. The van der Waals surface area contributed by atoms with Crippen LogP contribution in [-0.2, 0) is 23.2 Å². The number of nitrogens with zero attached hydrogens (tertiary/aromatic N) is 2. The molecule has 1 atom stereocenters. The maximum absolute atomic E-state index is 13.9. The second-order valence-electron chi connectivity index (χ2n) is 11.7. The van der Waals surface area contributed by atoms with Gasteiger partial charge in [-0.05, 0) is 61.1 Å². The molecule has 39 heavy (non-hydrogen) atoms. The summed E-state index contributed by atoms with van der Waals surface area (Å²) in [5.41, 5.74) is 5.00. The summed E-state index contributed by atoms with van der Waals surface area (Å²) >= 11 is 0. The Bertz CT molecular complexity index is 1300. The molecule has 0 saturated carbocycles. The molecular weight excluding hydrogens is 488 g/mol. The van der Waals surface area contributed by atoms with Gasteiger partial charge in [0, 0.05) is 54.7 Å². The summed E-state index contributed by atoms with van der Waals surface area (Å²) in [6, 6.07) is 12.4. The van der Waals surface area contributed by atoms with Crippen LogP contribution in [0.5, 0.6) is 17.2 Å². The minimum absolute atomic E-state index is 0.0393. The molecule has 0 bridgehead atoms. The summed E-state index contributed by atoms with van der Waals surface area (Å²) in [6.07, 6.45) is 4.96. The Morgan fingerprint density at radius 2 is 1.72 bits per heavy atom. The standard InChI is InChI=1S/C33H42N2O4/c1-8-35-31(36)22(2)27-18-24-17-26(38-6)19-29(39-7)30(24)32(3,4)20-28(27)33(35)12-14-34(15-13-33)21-23-10-9-11-25(16-23)37-5/h9-11,16-17,19-20,27H,2,8,12-15,18,21H2,1,3-7H3. The van der Waals surface area contributed by atoms with Crippen LogP contribution >= 0.6 is 0 Å². The smallest absolute Gasteiger partial charge is 0.250 e. The van der Waals surface area contributed by atoms with Crippen molar-refractivity contribution in [2.75, 3.05) is 41.0 Å². The minimum atomic E-state index is -0.320. The van der Waals surface area contributed by atoms with E-state index in [0.717, 1.165) is 61.7 Å². The lowest BCUT2D eigenvalue weighted by molar-refractivity contribution is -0.136. The van der Waals surface area contributed by atoms with E-state index >= 15 is 0 Å². The molecule has 1 unspecified atom stereocenters. The van der Waals surface area contributed by atoms with E-state index in [1.54, 1.807) is 21.3 Å². The van der Waals surface area contributed by atoms with Gasteiger partial charge in [0.1, 0.15) is 17.2 Å². The third-order valence-corrected chi connectivity index (χ3v) is 9.11. The zero-order valence-electron chi connectivity index (χ0n) is 24.3. The van der Waals surface area contributed by atoms with Crippen LogP contribution in [0.25, 0.3) is 0 Å². The first-order valence-electron chi connectivity index (χ1n) is 14.0. The molecule has 0 radical (unpaired) electrons. The van der Waals surface area contributed by atoms with E-state index in [1.807, 2.05) is 18.2 Å². The number of piperidine rings is 2. The SMILES string of the molecule is C=C1C(=O)N(CC)C2(CCN(Cc3cccc(OC)c3)CC2)C2=CC(C)(C)c3c(cc(OC)cc3OC)CC12. The normalized spacial score (nSPS) is 22.1. The van der Waals surface area contributed by atoms with Crippen LogP contribution in [0.1, 0.15) is 50.3 Å². The van der Waals surface area contributed by atoms with Gasteiger partial charge < -0.3 is 19.1 Å². The molecule has 0 N–H and O–H groups in total. The monoisotopic (exact) mass is 530 g/mol. The van der Waals surface area contributed by atoms with Gasteiger partial charge in [-0.1, -0.05) is 38.6 Å². The van der Waals surface area contributed by atoms with E-state index in [0.29, 0.717) is 12.1 Å². The summed E-state index contributed by atoms with van der Waals surface area (Å²) in [4.78, 5) is 18.5. The number of benzene rings is 2. The fourth-order valence-corrected chi connectivity index (χ4v) is 7.26. The average Bonchev–Trinajstić information content (AvgIpc) is 3.06. The first-order valence-corrected chi connectivity index (χ1v) is 14.0. The van der Waals surface area contributed by atoms with Crippen molar-refractivity contribution in [3.8, 4) is 17.2 Å². The predicted octanol–water partition coefficient (Wildman–Crippen LogP) is 5.54. The van der Waals surface area contributed by atoms with Gasteiger partial charge in [0.2, 0.25) is 0 Å². The first kappa shape index (κ1) is 27.3. The molecule has 2 saturated heterocycles. The number of rotatable bonds is 6. The van der Waals surface area contributed by atoms with Gasteiger partial charge in [0.05, 0.1) is 26.9 Å². The second kappa shape index (κ2) is 10.4. The number of allylic oxidation sites excluding steroid dienone is 1. The quantitative estimate of drug-likeness (QED) is 0.363. The van der Waals surface area contributed by atoms with Crippen LogP contribution in [0.15, 0.2) is 60.2 Å². The second-order valence-corrected chi connectivity index (χ2v) is 11.7. The predicted molar refractivity (Wildman–Crippen MR) is 155 cm³/mol. The highest BCUT2D eigenvalue weighted by atomic mass is 16.5. The number of carbonyl (C=O) groups excluding carboxylic acids is 1. The van der Waals surface area contributed by atoms with Crippen LogP contribution in [0, 0.1) is 5.92 Å². The van der Waals surface area contributed by atoms with Crippen molar-refractivity contribution in [1.82, 2.24) is 9.80 Å². The molecule has 1 amide bonds. The van der Waals surface area contributed by atoms with Crippen LogP contribution in [0.4, 0.5) is 0 Å². The highest BCUT2D eigenvalue weighted by molar-refractivity contribution is 5.97. The van der Waals surface area contributed by atoms with Gasteiger partial charge in [0.15, 0.2) is 0 Å². The Hall–Kier alpha value is -3.25. The van der Waals surface area contributed by atoms with Gasteiger partial charge in [0.25, 0.3) is 5.91 Å². The maximum atomic E-state index is 13.9. The van der Waals surface area contributed by atoms with Crippen LogP contribution in [0.2, 0.25) is 0 Å². The molecule has 1 aliphatic carbocycles. The molecule has 6 nitrogen and oxygen atoms in total. The fourth-order valence-electron chi connectivity index (χ4n) is 7.26. The van der Waals surface area contributed by atoms with Crippen molar-refractivity contribution in [3.05, 3.63) is 76.9 Å². The Balaban J connectivity index is 1.54. The summed E-state index contributed by atoms with van der Waals surface area (Å²) in [5, 5.41) is 0. The van der Waals surface area contributed by atoms with Crippen molar-refractivity contribution < 1.29 is 19.0 Å². The summed E-state index contributed by atoms with van der Waals surface area (Å²) in [5.74, 6) is 2.54. The Labute approximate surface area is 233 Å².